The van der Waals surface area contributed by atoms with Gasteiger partial charge in [-0.1, -0.05) is 60.7 Å². The first kappa shape index (κ1) is 14.7. The highest BCUT2D eigenvalue weighted by Crippen LogP contribution is 2.22. The molecule has 0 amide bonds. The van der Waals surface area contributed by atoms with Gasteiger partial charge in [-0.25, -0.2) is 0 Å². The second-order valence-electron chi connectivity index (χ2n) is 4.05. The molecule has 0 saturated heterocycles. The molecule has 0 fully saturated rings. The second kappa shape index (κ2) is 8.92. The van der Waals surface area contributed by atoms with Crippen LogP contribution >= 0.6 is 15.3 Å². The van der Waals surface area contributed by atoms with Crippen LogP contribution in [0.1, 0.15) is 52.4 Å². The van der Waals surface area contributed by atoms with Crippen LogP contribution in [0, 0.1) is 0 Å². The molecule has 3 heteroatoms. The van der Waals surface area contributed by atoms with Crippen LogP contribution in [0.4, 0.5) is 0 Å². The average molecular weight is 281 g/mol. The molecule has 0 aromatic carbocycles. The highest BCUT2D eigenvalue weighted by Gasteiger charge is 2.23. The number of rotatable bonds is 9. The van der Waals surface area contributed by atoms with Crippen LogP contribution in [-0.4, -0.2) is 13.5 Å². The Hall–Kier alpha value is 0.657. The van der Waals surface area contributed by atoms with E-state index in [1.165, 1.54) is 44.6 Å². The molecule has 0 aromatic rings. The van der Waals surface area contributed by atoms with Crippen molar-refractivity contribution in [2.24, 2.45) is 0 Å². The molecule has 86 valence electrons. The van der Waals surface area contributed by atoms with Crippen molar-refractivity contribution in [3.05, 3.63) is 0 Å². The number of unbranched alkanes of at least 4 members (excludes halogenated alkanes) is 5. The summed E-state index contributed by atoms with van der Waals surface area (Å²) in [4.78, 5) is 0. The standard InChI is InChI=1S/C11H25BrOSi/c1-4-6-7-8-9-10-11-14(3,12)13-5-2/h4-11H2,1-3H3. The fourth-order valence-corrected chi connectivity index (χ4v) is 4.75. The van der Waals surface area contributed by atoms with Crippen LogP contribution in [0.2, 0.25) is 12.6 Å². The fraction of sp³-hybridized carbons (Fsp3) is 1.00. The van der Waals surface area contributed by atoms with Crippen molar-refractivity contribution < 1.29 is 4.43 Å². The third-order valence-corrected chi connectivity index (χ3v) is 6.44. The monoisotopic (exact) mass is 280 g/mol. The minimum Gasteiger partial charge on any atom is -0.407 e. The first-order chi connectivity index (χ1) is 6.62. The minimum absolute atomic E-state index is 0.851. The quantitative estimate of drug-likeness (QED) is 0.333. The van der Waals surface area contributed by atoms with E-state index in [2.05, 4.69) is 35.7 Å². The lowest BCUT2D eigenvalue weighted by atomic mass is 10.1. The van der Waals surface area contributed by atoms with Gasteiger partial charge in [0.25, 0.3) is 6.94 Å². The maximum absolute atomic E-state index is 5.71. The maximum Gasteiger partial charge on any atom is 0.260 e. The Morgan fingerprint density at radius 2 is 1.57 bits per heavy atom. The van der Waals surface area contributed by atoms with Crippen LogP contribution in [-0.2, 0) is 4.43 Å². The topological polar surface area (TPSA) is 9.23 Å². The molecule has 0 radical (unpaired) electrons. The van der Waals surface area contributed by atoms with Crippen LogP contribution in [0.25, 0.3) is 0 Å². The van der Waals surface area contributed by atoms with Gasteiger partial charge in [0, 0.05) is 6.61 Å². The van der Waals surface area contributed by atoms with Gasteiger partial charge in [-0.2, -0.15) is 0 Å². The van der Waals surface area contributed by atoms with Gasteiger partial charge in [0.05, 0.1) is 0 Å². The molecule has 0 aliphatic rings. The highest BCUT2D eigenvalue weighted by atomic mass is 79.9. The molecule has 1 atom stereocenters. The lowest BCUT2D eigenvalue weighted by Crippen LogP contribution is -2.26. The Balaban J connectivity index is 3.26. The Kier molecular flexibility index (Phi) is 9.34. The molecular formula is C11H25BrOSi. The van der Waals surface area contributed by atoms with Crippen LogP contribution in [0.3, 0.4) is 0 Å². The first-order valence-corrected chi connectivity index (χ1v) is 10.8. The number of halogens is 1. The minimum atomic E-state index is -1.46. The van der Waals surface area contributed by atoms with Crippen molar-refractivity contribution in [1.82, 2.24) is 0 Å². The molecule has 0 N–H and O–H groups in total. The van der Waals surface area contributed by atoms with Gasteiger partial charge < -0.3 is 4.43 Å². The largest absolute Gasteiger partial charge is 0.407 e. The van der Waals surface area contributed by atoms with E-state index < -0.39 is 6.94 Å². The average Bonchev–Trinajstić information content (AvgIpc) is 2.11. The number of hydrogen-bond acceptors (Lipinski definition) is 1. The molecule has 1 unspecified atom stereocenters. The van der Waals surface area contributed by atoms with E-state index in [0.29, 0.717) is 0 Å². The van der Waals surface area contributed by atoms with Gasteiger partial charge in [-0.3, -0.25) is 0 Å². The van der Waals surface area contributed by atoms with Gasteiger partial charge in [0.15, 0.2) is 0 Å². The smallest absolute Gasteiger partial charge is 0.260 e. The Morgan fingerprint density at radius 1 is 1.00 bits per heavy atom. The lowest BCUT2D eigenvalue weighted by molar-refractivity contribution is 0.340. The fourth-order valence-electron chi connectivity index (χ4n) is 1.59. The summed E-state index contributed by atoms with van der Waals surface area (Å²) in [5.74, 6) is 0. The maximum atomic E-state index is 5.71. The molecule has 0 aromatic heterocycles. The summed E-state index contributed by atoms with van der Waals surface area (Å²) in [7, 11) is 0. The predicted octanol–water partition coefficient (Wildman–Crippen LogP) is 4.85. The Morgan fingerprint density at radius 3 is 2.14 bits per heavy atom. The van der Waals surface area contributed by atoms with E-state index in [0.717, 1.165) is 6.61 Å². The third kappa shape index (κ3) is 9.22. The zero-order chi connectivity index (χ0) is 10.9. The second-order valence-corrected chi connectivity index (χ2v) is 12.1. The summed E-state index contributed by atoms with van der Waals surface area (Å²) in [5.41, 5.74) is 0. The molecule has 14 heavy (non-hydrogen) atoms. The summed E-state index contributed by atoms with van der Waals surface area (Å²) in [5, 5.41) is 0. The summed E-state index contributed by atoms with van der Waals surface area (Å²) in [6.07, 6.45) is 8.25. The van der Waals surface area contributed by atoms with Crippen LogP contribution < -0.4 is 0 Å². The molecule has 0 aliphatic heterocycles. The molecule has 1 nitrogen and oxygen atoms in total. The Labute approximate surface area is 98.3 Å². The van der Waals surface area contributed by atoms with Crippen molar-refractivity contribution in [3.63, 3.8) is 0 Å². The SMILES string of the molecule is CCCCCCCC[Si](C)(Br)OCC. The summed E-state index contributed by atoms with van der Waals surface area (Å²) in [6, 6.07) is 1.26. The van der Waals surface area contributed by atoms with E-state index in [1.807, 2.05) is 0 Å². The lowest BCUT2D eigenvalue weighted by Gasteiger charge is -2.19. The van der Waals surface area contributed by atoms with Crippen molar-refractivity contribution >= 4 is 22.2 Å². The molecule has 0 rings (SSSR count). The van der Waals surface area contributed by atoms with Crippen molar-refractivity contribution in [2.45, 2.75) is 65.0 Å². The zero-order valence-electron chi connectivity index (χ0n) is 9.94. The van der Waals surface area contributed by atoms with E-state index >= 15 is 0 Å². The summed E-state index contributed by atoms with van der Waals surface area (Å²) >= 11 is 3.74. The third-order valence-electron chi connectivity index (χ3n) is 2.42. The number of hydrogen-bond donors (Lipinski definition) is 0. The molecular weight excluding hydrogens is 256 g/mol. The highest BCUT2D eigenvalue weighted by molar-refractivity contribution is 9.25. The van der Waals surface area contributed by atoms with Gasteiger partial charge in [-0.15, -0.1) is 0 Å². The molecule has 0 heterocycles. The normalized spacial score (nSPS) is 15.4. The van der Waals surface area contributed by atoms with Crippen LogP contribution in [0.5, 0.6) is 0 Å². The van der Waals surface area contributed by atoms with Crippen molar-refractivity contribution in [3.8, 4) is 0 Å². The van der Waals surface area contributed by atoms with Crippen molar-refractivity contribution in [2.75, 3.05) is 6.61 Å². The first-order valence-electron chi connectivity index (χ1n) is 5.95. The zero-order valence-corrected chi connectivity index (χ0v) is 12.5. The molecule has 0 saturated carbocycles. The van der Waals surface area contributed by atoms with E-state index in [-0.39, 0.29) is 0 Å². The van der Waals surface area contributed by atoms with E-state index in [4.69, 9.17) is 4.43 Å². The molecule has 0 spiro atoms. The Bertz CT molecular complexity index is 128. The van der Waals surface area contributed by atoms with Gasteiger partial charge in [0.2, 0.25) is 0 Å². The summed E-state index contributed by atoms with van der Waals surface area (Å²) < 4.78 is 5.71. The molecule has 0 aliphatic carbocycles. The predicted molar refractivity (Wildman–Crippen MR) is 70.4 cm³/mol. The van der Waals surface area contributed by atoms with Crippen LogP contribution in [0.15, 0.2) is 0 Å². The van der Waals surface area contributed by atoms with E-state index in [9.17, 15) is 0 Å². The van der Waals surface area contributed by atoms with E-state index in [1.54, 1.807) is 0 Å². The van der Waals surface area contributed by atoms with Gasteiger partial charge in [0.1, 0.15) is 0 Å². The van der Waals surface area contributed by atoms with Gasteiger partial charge in [-0.05, 0) is 19.5 Å². The van der Waals surface area contributed by atoms with Gasteiger partial charge >= 0.3 is 0 Å². The molecule has 0 bridgehead atoms. The summed E-state index contributed by atoms with van der Waals surface area (Å²) in [6.45, 7) is 5.98. The van der Waals surface area contributed by atoms with Crippen molar-refractivity contribution in [1.29, 1.82) is 0 Å².